The van der Waals surface area contributed by atoms with Crippen LogP contribution in [0.3, 0.4) is 0 Å². The molecule has 0 fully saturated rings. The highest BCUT2D eigenvalue weighted by Gasteiger charge is 2.24. The lowest BCUT2D eigenvalue weighted by atomic mass is 10.1. The van der Waals surface area contributed by atoms with Gasteiger partial charge in [0.15, 0.2) is 5.13 Å². The Morgan fingerprint density at radius 3 is 2.47 bits per heavy atom. The van der Waals surface area contributed by atoms with Gasteiger partial charge >= 0.3 is 6.09 Å². The summed E-state index contributed by atoms with van der Waals surface area (Å²) >= 11 is 2.91. The molecule has 0 aliphatic heterocycles. The fraction of sp³-hybridized carbons (Fsp3) is 0.455. The van der Waals surface area contributed by atoms with Gasteiger partial charge in [-0.2, -0.15) is 11.8 Å². The zero-order valence-electron chi connectivity index (χ0n) is 19.0. The van der Waals surface area contributed by atoms with E-state index in [1.54, 1.807) is 32.5 Å². The average Bonchev–Trinajstić information content (AvgIpc) is 3.17. The second-order valence-corrected chi connectivity index (χ2v) is 9.96. The van der Waals surface area contributed by atoms with E-state index in [0.717, 1.165) is 16.8 Å². The zero-order chi connectivity index (χ0) is 23.7. The molecule has 174 valence electrons. The van der Waals surface area contributed by atoms with Crippen molar-refractivity contribution in [3.8, 4) is 11.3 Å². The SMILES string of the molecule is CSCCC(NC(=O)OC(C)(C)C)C(=O)Nc1nc(-c2ccc(CNC(C)=O)cc2)cs1. The van der Waals surface area contributed by atoms with Crippen molar-refractivity contribution in [2.75, 3.05) is 17.3 Å². The summed E-state index contributed by atoms with van der Waals surface area (Å²) in [6.45, 7) is 7.26. The highest BCUT2D eigenvalue weighted by molar-refractivity contribution is 7.98. The normalized spacial score (nSPS) is 12.0. The van der Waals surface area contributed by atoms with Gasteiger partial charge in [-0.3, -0.25) is 9.59 Å². The summed E-state index contributed by atoms with van der Waals surface area (Å²) in [7, 11) is 0. The van der Waals surface area contributed by atoms with Crippen LogP contribution >= 0.6 is 23.1 Å². The standard InChI is InChI=1S/C22H30N4O4S2/c1-14(27)23-12-15-6-8-16(9-7-15)18-13-32-20(24-18)26-19(28)17(10-11-31-5)25-21(29)30-22(2,3)4/h6-9,13,17H,10-12H2,1-5H3,(H,23,27)(H,25,29)(H,24,26,28). The number of aromatic nitrogens is 1. The molecule has 1 aromatic carbocycles. The van der Waals surface area contributed by atoms with E-state index in [2.05, 4.69) is 20.9 Å². The van der Waals surface area contributed by atoms with Crippen LogP contribution in [0.1, 0.15) is 39.7 Å². The molecule has 0 aliphatic carbocycles. The van der Waals surface area contributed by atoms with Gasteiger partial charge in [0, 0.05) is 24.4 Å². The number of alkyl carbamates (subject to hydrolysis) is 1. The minimum Gasteiger partial charge on any atom is -0.444 e. The van der Waals surface area contributed by atoms with Crippen LogP contribution in [0.4, 0.5) is 9.93 Å². The van der Waals surface area contributed by atoms with Crippen molar-refractivity contribution in [1.82, 2.24) is 15.6 Å². The second kappa shape index (κ2) is 11.9. The number of hydrogen-bond donors (Lipinski definition) is 3. The maximum atomic E-state index is 12.8. The van der Waals surface area contributed by atoms with E-state index >= 15 is 0 Å². The summed E-state index contributed by atoms with van der Waals surface area (Å²) < 4.78 is 5.28. The molecule has 10 heteroatoms. The number of benzene rings is 1. The third-order valence-electron chi connectivity index (χ3n) is 4.14. The maximum Gasteiger partial charge on any atom is 0.408 e. The van der Waals surface area contributed by atoms with E-state index in [0.29, 0.717) is 23.8 Å². The molecule has 0 radical (unpaired) electrons. The molecule has 2 aromatic rings. The van der Waals surface area contributed by atoms with E-state index in [1.165, 1.54) is 18.3 Å². The lowest BCUT2D eigenvalue weighted by molar-refractivity contribution is -0.119. The number of ether oxygens (including phenoxy) is 1. The van der Waals surface area contributed by atoms with Gasteiger partial charge in [-0.15, -0.1) is 11.3 Å². The number of thiazole rings is 1. The van der Waals surface area contributed by atoms with Gasteiger partial charge < -0.3 is 20.7 Å². The van der Waals surface area contributed by atoms with Crippen molar-refractivity contribution in [1.29, 1.82) is 0 Å². The second-order valence-electron chi connectivity index (χ2n) is 8.11. The van der Waals surface area contributed by atoms with E-state index in [-0.39, 0.29) is 11.8 Å². The van der Waals surface area contributed by atoms with Gasteiger partial charge in [0.05, 0.1) is 5.69 Å². The topological polar surface area (TPSA) is 109 Å². The zero-order valence-corrected chi connectivity index (χ0v) is 20.6. The van der Waals surface area contributed by atoms with Crippen molar-refractivity contribution < 1.29 is 19.1 Å². The van der Waals surface area contributed by atoms with Gasteiger partial charge in [0.25, 0.3) is 0 Å². The van der Waals surface area contributed by atoms with Crippen LogP contribution in [-0.4, -0.2) is 46.5 Å². The van der Waals surface area contributed by atoms with Gasteiger partial charge in [0.1, 0.15) is 11.6 Å². The van der Waals surface area contributed by atoms with Crippen LogP contribution in [0.5, 0.6) is 0 Å². The van der Waals surface area contributed by atoms with E-state index in [1.807, 2.05) is 35.9 Å². The number of nitrogens with zero attached hydrogens (tertiary/aromatic N) is 1. The fourth-order valence-electron chi connectivity index (χ4n) is 2.63. The first-order valence-electron chi connectivity index (χ1n) is 10.2. The first-order valence-corrected chi connectivity index (χ1v) is 12.4. The molecule has 32 heavy (non-hydrogen) atoms. The minimum atomic E-state index is -0.724. The van der Waals surface area contributed by atoms with Crippen LogP contribution in [-0.2, 0) is 20.9 Å². The maximum absolute atomic E-state index is 12.8. The van der Waals surface area contributed by atoms with E-state index in [4.69, 9.17) is 4.74 Å². The van der Waals surface area contributed by atoms with Gasteiger partial charge in [0.2, 0.25) is 11.8 Å². The summed E-state index contributed by atoms with van der Waals surface area (Å²) in [6.07, 6.45) is 1.79. The fourth-order valence-corrected chi connectivity index (χ4v) is 3.82. The molecule has 0 saturated heterocycles. The van der Waals surface area contributed by atoms with Crippen LogP contribution in [0, 0.1) is 0 Å². The first-order chi connectivity index (χ1) is 15.1. The molecule has 0 saturated carbocycles. The number of nitrogens with one attached hydrogen (secondary N) is 3. The quantitative estimate of drug-likeness (QED) is 0.502. The Labute approximate surface area is 196 Å². The smallest absolute Gasteiger partial charge is 0.408 e. The molecule has 1 aromatic heterocycles. The van der Waals surface area contributed by atoms with Crippen molar-refractivity contribution in [3.63, 3.8) is 0 Å². The summed E-state index contributed by atoms with van der Waals surface area (Å²) in [5, 5.41) is 10.5. The molecule has 8 nitrogen and oxygen atoms in total. The molecule has 3 N–H and O–H groups in total. The summed E-state index contributed by atoms with van der Waals surface area (Å²) in [5.41, 5.74) is 1.97. The highest BCUT2D eigenvalue weighted by Crippen LogP contribution is 2.25. The predicted molar refractivity (Wildman–Crippen MR) is 130 cm³/mol. The van der Waals surface area contributed by atoms with Gasteiger partial charge in [-0.05, 0) is 44.8 Å². The molecule has 0 spiro atoms. The van der Waals surface area contributed by atoms with Crippen molar-refractivity contribution in [2.24, 2.45) is 0 Å². The molecule has 0 bridgehead atoms. The van der Waals surface area contributed by atoms with Crippen molar-refractivity contribution in [3.05, 3.63) is 35.2 Å². The molecule has 1 unspecified atom stereocenters. The number of hydrogen-bond acceptors (Lipinski definition) is 7. The lowest BCUT2D eigenvalue weighted by Gasteiger charge is -2.23. The third-order valence-corrected chi connectivity index (χ3v) is 5.55. The number of anilines is 1. The molecule has 1 heterocycles. The molecule has 0 aliphatic rings. The Morgan fingerprint density at radius 2 is 1.88 bits per heavy atom. The van der Waals surface area contributed by atoms with Crippen LogP contribution < -0.4 is 16.0 Å². The van der Waals surface area contributed by atoms with Gasteiger partial charge in [-0.1, -0.05) is 24.3 Å². The highest BCUT2D eigenvalue weighted by atomic mass is 32.2. The first kappa shape index (κ1) is 25.7. The summed E-state index contributed by atoms with van der Waals surface area (Å²) in [4.78, 5) is 40.4. The third kappa shape index (κ3) is 8.88. The Bertz CT molecular complexity index is 923. The largest absolute Gasteiger partial charge is 0.444 e. The Morgan fingerprint density at radius 1 is 1.19 bits per heavy atom. The van der Waals surface area contributed by atoms with Crippen LogP contribution in [0.15, 0.2) is 29.6 Å². The molecule has 1 atom stereocenters. The summed E-state index contributed by atoms with van der Waals surface area (Å²) in [5.74, 6) is 0.296. The van der Waals surface area contributed by atoms with E-state index in [9.17, 15) is 14.4 Å². The number of thioether (sulfide) groups is 1. The lowest BCUT2D eigenvalue weighted by Crippen LogP contribution is -2.46. The molecule has 2 rings (SSSR count). The van der Waals surface area contributed by atoms with Crippen LogP contribution in [0.25, 0.3) is 11.3 Å². The van der Waals surface area contributed by atoms with E-state index < -0.39 is 17.7 Å². The predicted octanol–water partition coefficient (Wildman–Crippen LogP) is 4.03. The molecule has 3 amide bonds. The Hall–Kier alpha value is -2.59. The Kier molecular flexibility index (Phi) is 9.52. The number of rotatable bonds is 9. The molecular formula is C22H30N4O4S2. The monoisotopic (exact) mass is 478 g/mol. The molecular weight excluding hydrogens is 448 g/mol. The Balaban J connectivity index is 2.02. The summed E-state index contributed by atoms with van der Waals surface area (Å²) in [6, 6.07) is 6.96. The van der Waals surface area contributed by atoms with Gasteiger partial charge in [-0.25, -0.2) is 9.78 Å². The number of amides is 3. The minimum absolute atomic E-state index is 0.0778. The van der Waals surface area contributed by atoms with Crippen LogP contribution in [0.2, 0.25) is 0 Å². The number of carbonyl (C=O) groups is 3. The average molecular weight is 479 g/mol. The van der Waals surface area contributed by atoms with Crippen molar-refractivity contribution in [2.45, 2.75) is 52.3 Å². The van der Waals surface area contributed by atoms with Crippen molar-refractivity contribution >= 4 is 46.1 Å². The number of carbonyl (C=O) groups excluding carboxylic acids is 3.